The van der Waals surface area contributed by atoms with Crippen LogP contribution >= 0.6 is 0 Å². The molecule has 0 saturated heterocycles. The lowest BCUT2D eigenvalue weighted by Gasteiger charge is -2.09. The van der Waals surface area contributed by atoms with Crippen LogP contribution in [0.25, 0.3) is 6.08 Å². The van der Waals surface area contributed by atoms with Gasteiger partial charge in [0.15, 0.2) is 0 Å². The lowest BCUT2D eigenvalue weighted by atomic mass is 10.1. The largest absolute Gasteiger partial charge is 0.458 e. The van der Waals surface area contributed by atoms with Crippen LogP contribution in [0, 0.1) is 0 Å². The predicted octanol–water partition coefficient (Wildman–Crippen LogP) is 1.97. The number of hydrogen-bond donors (Lipinski definition) is 1. The molecule has 19 heavy (non-hydrogen) atoms. The first-order valence-corrected chi connectivity index (χ1v) is 5.82. The molecule has 2 rings (SSSR count). The Hall–Kier alpha value is -2.04. The maximum Gasteiger partial charge on any atom is 0.127 e. The molecule has 0 unspecified atom stereocenters. The number of benzene rings is 1. The van der Waals surface area contributed by atoms with Crippen LogP contribution in [0.5, 0.6) is 5.75 Å². The standard InChI is InChI=1S/C15H17NO.2H2O/c1-12(16)11-13-7-9-15(10-8-13)17-14-5-3-2-4-6-14;;/h3,5-11H,2,4,16H2,1H3;2*1H2/b12-11+;;. The zero-order valence-electron chi connectivity index (χ0n) is 11.0. The molecule has 0 heterocycles. The normalized spacial score (nSPS) is 13.9. The quantitative estimate of drug-likeness (QED) is 0.901. The Bertz CT molecular complexity index is 469. The Morgan fingerprint density at radius 1 is 1.16 bits per heavy atom. The molecule has 0 atom stereocenters. The number of rotatable bonds is 3. The molecule has 1 aliphatic rings. The summed E-state index contributed by atoms with van der Waals surface area (Å²) in [6.07, 6.45) is 10.3. The number of nitrogens with two attached hydrogens (primary N) is 1. The lowest BCUT2D eigenvalue weighted by Crippen LogP contribution is -1.95. The van der Waals surface area contributed by atoms with E-state index in [1.54, 1.807) is 0 Å². The molecule has 0 radical (unpaired) electrons. The summed E-state index contributed by atoms with van der Waals surface area (Å²) in [7, 11) is 0. The second-order valence-corrected chi connectivity index (χ2v) is 4.15. The molecule has 0 aliphatic heterocycles. The van der Waals surface area contributed by atoms with Gasteiger partial charge < -0.3 is 21.4 Å². The van der Waals surface area contributed by atoms with E-state index in [0.717, 1.165) is 35.6 Å². The predicted molar refractivity (Wildman–Crippen MR) is 78.6 cm³/mol. The van der Waals surface area contributed by atoms with Crippen LogP contribution in [-0.2, 0) is 0 Å². The van der Waals surface area contributed by atoms with Crippen molar-refractivity contribution in [2.45, 2.75) is 19.8 Å². The summed E-state index contributed by atoms with van der Waals surface area (Å²) in [5.74, 6) is 1.78. The van der Waals surface area contributed by atoms with Crippen LogP contribution in [0.1, 0.15) is 25.3 Å². The van der Waals surface area contributed by atoms with Crippen molar-refractivity contribution in [3.05, 3.63) is 59.5 Å². The third-order valence-corrected chi connectivity index (χ3v) is 2.47. The van der Waals surface area contributed by atoms with Crippen molar-refractivity contribution in [3.8, 4) is 5.75 Å². The summed E-state index contributed by atoms with van der Waals surface area (Å²) in [6, 6.07) is 7.91. The van der Waals surface area contributed by atoms with Crippen molar-refractivity contribution >= 4 is 6.08 Å². The second-order valence-electron chi connectivity index (χ2n) is 4.15. The molecular weight excluding hydrogens is 242 g/mol. The van der Waals surface area contributed by atoms with Gasteiger partial charge in [-0.1, -0.05) is 18.2 Å². The Morgan fingerprint density at radius 2 is 1.84 bits per heavy atom. The van der Waals surface area contributed by atoms with Crippen molar-refractivity contribution in [1.29, 1.82) is 0 Å². The molecule has 104 valence electrons. The Kier molecular flexibility index (Phi) is 7.26. The minimum absolute atomic E-state index is 0. The zero-order chi connectivity index (χ0) is 12.1. The molecule has 4 heteroatoms. The highest BCUT2D eigenvalue weighted by atomic mass is 16.5. The Labute approximate surface area is 113 Å². The van der Waals surface area contributed by atoms with Gasteiger partial charge in [0.1, 0.15) is 11.5 Å². The molecule has 0 spiro atoms. The summed E-state index contributed by atoms with van der Waals surface area (Å²) in [5, 5.41) is 0. The molecule has 1 aromatic carbocycles. The molecule has 6 N–H and O–H groups in total. The Balaban J connectivity index is 0.00000162. The summed E-state index contributed by atoms with van der Waals surface area (Å²) >= 11 is 0. The van der Waals surface area contributed by atoms with E-state index in [1.165, 1.54) is 0 Å². The van der Waals surface area contributed by atoms with E-state index < -0.39 is 0 Å². The highest BCUT2D eigenvalue weighted by Gasteiger charge is 2.00. The SMILES string of the molecule is C/C(N)=C\c1ccc(OC2=CCCC=C2)cc1.O.O. The van der Waals surface area contributed by atoms with Crippen LogP contribution in [0.2, 0.25) is 0 Å². The molecule has 0 fully saturated rings. The first kappa shape index (κ1) is 17.0. The van der Waals surface area contributed by atoms with Crippen LogP contribution < -0.4 is 10.5 Å². The van der Waals surface area contributed by atoms with Gasteiger partial charge in [-0.05, 0) is 55.7 Å². The minimum Gasteiger partial charge on any atom is -0.458 e. The Morgan fingerprint density at radius 3 is 2.37 bits per heavy atom. The van der Waals surface area contributed by atoms with Crippen molar-refractivity contribution < 1.29 is 15.7 Å². The van der Waals surface area contributed by atoms with E-state index in [9.17, 15) is 0 Å². The molecule has 4 nitrogen and oxygen atoms in total. The molecule has 1 aromatic rings. The second kappa shape index (κ2) is 8.13. The van der Waals surface area contributed by atoms with Gasteiger partial charge in [-0.15, -0.1) is 0 Å². The molecular formula is C15H21NO3. The zero-order valence-corrected chi connectivity index (χ0v) is 11.0. The average Bonchev–Trinajstić information content (AvgIpc) is 2.32. The van der Waals surface area contributed by atoms with Crippen molar-refractivity contribution in [2.75, 3.05) is 0 Å². The number of hydrogen-bond acceptors (Lipinski definition) is 2. The third-order valence-electron chi connectivity index (χ3n) is 2.47. The van der Waals surface area contributed by atoms with E-state index in [0.29, 0.717) is 0 Å². The van der Waals surface area contributed by atoms with Gasteiger partial charge in [-0.3, -0.25) is 0 Å². The molecule has 0 saturated carbocycles. The summed E-state index contributed by atoms with van der Waals surface area (Å²) in [6.45, 7) is 1.88. The van der Waals surface area contributed by atoms with Gasteiger partial charge in [-0.25, -0.2) is 0 Å². The van der Waals surface area contributed by atoms with Gasteiger partial charge in [-0.2, -0.15) is 0 Å². The van der Waals surface area contributed by atoms with Gasteiger partial charge >= 0.3 is 0 Å². The van der Waals surface area contributed by atoms with Crippen LogP contribution in [0.15, 0.2) is 53.9 Å². The van der Waals surface area contributed by atoms with E-state index in [-0.39, 0.29) is 11.0 Å². The van der Waals surface area contributed by atoms with Crippen molar-refractivity contribution in [1.82, 2.24) is 0 Å². The lowest BCUT2D eigenvalue weighted by molar-refractivity contribution is 0.439. The highest BCUT2D eigenvalue weighted by molar-refractivity contribution is 5.52. The molecule has 0 aromatic heterocycles. The van der Waals surface area contributed by atoms with E-state index in [1.807, 2.05) is 43.3 Å². The maximum absolute atomic E-state index is 5.74. The first-order chi connectivity index (χ1) is 8.24. The summed E-state index contributed by atoms with van der Waals surface area (Å²) in [5.41, 5.74) is 7.51. The smallest absolute Gasteiger partial charge is 0.127 e. The topological polar surface area (TPSA) is 98.2 Å². The fourth-order valence-electron chi connectivity index (χ4n) is 1.70. The first-order valence-electron chi connectivity index (χ1n) is 5.82. The van der Waals surface area contributed by atoms with E-state index in [4.69, 9.17) is 10.5 Å². The van der Waals surface area contributed by atoms with Crippen LogP contribution in [0.3, 0.4) is 0 Å². The van der Waals surface area contributed by atoms with Crippen molar-refractivity contribution in [3.63, 3.8) is 0 Å². The van der Waals surface area contributed by atoms with Crippen LogP contribution in [-0.4, -0.2) is 11.0 Å². The van der Waals surface area contributed by atoms with Crippen LogP contribution in [0.4, 0.5) is 0 Å². The minimum atomic E-state index is 0. The molecule has 0 bridgehead atoms. The summed E-state index contributed by atoms with van der Waals surface area (Å²) in [4.78, 5) is 0. The molecule has 0 amide bonds. The fourth-order valence-corrected chi connectivity index (χ4v) is 1.70. The average molecular weight is 263 g/mol. The van der Waals surface area contributed by atoms with Gasteiger partial charge in [0.05, 0.1) is 0 Å². The van der Waals surface area contributed by atoms with E-state index in [2.05, 4.69) is 12.2 Å². The number of allylic oxidation sites excluding steroid dienone is 4. The third kappa shape index (κ3) is 5.42. The fraction of sp³-hybridized carbons (Fsp3) is 0.200. The molecule has 1 aliphatic carbocycles. The van der Waals surface area contributed by atoms with E-state index >= 15 is 0 Å². The number of ether oxygens (including phenoxy) is 1. The highest BCUT2D eigenvalue weighted by Crippen LogP contribution is 2.19. The monoisotopic (exact) mass is 263 g/mol. The summed E-state index contributed by atoms with van der Waals surface area (Å²) < 4.78 is 5.74. The van der Waals surface area contributed by atoms with Crippen molar-refractivity contribution in [2.24, 2.45) is 5.73 Å². The van der Waals surface area contributed by atoms with Gasteiger partial charge in [0.2, 0.25) is 0 Å². The van der Waals surface area contributed by atoms with Gasteiger partial charge in [0.25, 0.3) is 0 Å². The van der Waals surface area contributed by atoms with Gasteiger partial charge in [0, 0.05) is 5.70 Å². The maximum atomic E-state index is 5.74.